The van der Waals surface area contributed by atoms with Gasteiger partial charge >= 0.3 is 17.1 Å². The van der Waals surface area contributed by atoms with Crippen LogP contribution in [0.5, 0.6) is 11.5 Å². The molecule has 0 radical (unpaired) electrons. The van der Waals surface area contributed by atoms with Crippen LogP contribution in [0.15, 0.2) is 89.6 Å². The molecule has 0 aliphatic heterocycles. The van der Waals surface area contributed by atoms with Crippen molar-refractivity contribution in [3.05, 3.63) is 102 Å². The number of carbonyl (C=O) groups is 1. The van der Waals surface area contributed by atoms with Crippen molar-refractivity contribution in [3.8, 4) is 22.6 Å². The second-order valence-electron chi connectivity index (χ2n) is 9.83. The van der Waals surface area contributed by atoms with Crippen LogP contribution in [0.4, 0.5) is 24.5 Å². The molecule has 0 bridgehead atoms. The maximum Gasteiger partial charge on any atom is 0.387 e. The smallest absolute Gasteiger partial charge is 0.387 e. The van der Waals surface area contributed by atoms with Gasteiger partial charge in [0.05, 0.1) is 17.4 Å². The fraction of sp³-hybridized carbons (Fsp3) is 0.226. The number of rotatable bonds is 10. The summed E-state index contributed by atoms with van der Waals surface area (Å²) in [6.45, 7) is -2.91. The summed E-state index contributed by atoms with van der Waals surface area (Å²) in [6, 6.07) is 18.4. The Kier molecular flexibility index (Phi) is 9.35. The predicted octanol–water partition coefficient (Wildman–Crippen LogP) is 7.35. The summed E-state index contributed by atoms with van der Waals surface area (Å²) in [7, 11) is -3.03. The first-order valence-corrected chi connectivity index (χ1v) is 14.5. The number of ether oxygens (including phenoxy) is 2. The molecule has 1 saturated carbocycles. The third-order valence-corrected chi connectivity index (χ3v) is 7.28. The molecule has 8 nitrogen and oxygen atoms in total. The lowest BCUT2D eigenvalue weighted by atomic mass is 10.00. The number of nitrogens with zero attached hydrogens (tertiary/aromatic N) is 3. The molecule has 0 atom stereocenters. The topological polar surface area (TPSA) is 98.2 Å². The molecule has 4 aromatic rings. The highest BCUT2D eigenvalue weighted by atomic mass is 32.2. The third-order valence-electron chi connectivity index (χ3n) is 6.97. The molecular weight excluding hydrogens is 583 g/mol. The van der Waals surface area contributed by atoms with Crippen LogP contribution in [0.2, 0.25) is 0 Å². The van der Waals surface area contributed by atoms with Gasteiger partial charge in [0.2, 0.25) is 0 Å². The predicted molar refractivity (Wildman–Crippen MR) is 154 cm³/mol. The van der Waals surface area contributed by atoms with Gasteiger partial charge < -0.3 is 14.4 Å². The van der Waals surface area contributed by atoms with Gasteiger partial charge in [0.1, 0.15) is 5.82 Å². The highest BCUT2D eigenvalue weighted by Crippen LogP contribution is 2.40. The molecule has 0 unspecified atom stereocenters. The number of aromatic nitrogens is 1. The number of anilines is 2. The van der Waals surface area contributed by atoms with Gasteiger partial charge in [0.15, 0.2) is 11.5 Å². The van der Waals surface area contributed by atoms with E-state index in [4.69, 9.17) is 9.47 Å². The highest BCUT2D eigenvalue weighted by Gasteiger charge is 2.24. The van der Waals surface area contributed by atoms with Crippen molar-refractivity contribution < 1.29 is 35.9 Å². The second kappa shape index (κ2) is 13.5. The second-order valence-corrected chi connectivity index (χ2v) is 10.5. The average molecular weight is 610 g/mol. The van der Waals surface area contributed by atoms with Crippen molar-refractivity contribution in [1.29, 1.82) is 0 Å². The highest BCUT2D eigenvalue weighted by molar-refractivity contribution is 7.62. The van der Waals surface area contributed by atoms with Crippen LogP contribution < -0.4 is 14.4 Å². The molecule has 43 heavy (non-hydrogen) atoms. The molecule has 1 fully saturated rings. The molecule has 1 aliphatic rings. The number of alkyl halides is 2. The van der Waals surface area contributed by atoms with E-state index in [0.717, 1.165) is 31.2 Å². The lowest BCUT2D eigenvalue weighted by Crippen LogP contribution is -2.20. The standard InChI is InChI=1S/C31H26F3N3O5S/c32-23-10-7-21(8-11-23)22-9-13-27(26(16-22)30(38)36-43(39)40)37(19-20-4-3-15-35-18-20)24-12-14-28(42-31(33)34)29(17-24)41-25-5-1-2-6-25/h3-4,7-18,25,31H,1-2,5-6,19H2. The fourth-order valence-corrected chi connectivity index (χ4v) is 5.24. The van der Waals surface area contributed by atoms with Gasteiger partial charge in [-0.15, -0.1) is 0 Å². The van der Waals surface area contributed by atoms with E-state index in [1.54, 1.807) is 47.6 Å². The Balaban J connectivity index is 1.66. The number of carbonyl (C=O) groups excluding carboxylic acids is 1. The summed E-state index contributed by atoms with van der Waals surface area (Å²) < 4.78 is 77.0. The quantitative estimate of drug-likeness (QED) is 0.185. The average Bonchev–Trinajstić information content (AvgIpc) is 3.50. The van der Waals surface area contributed by atoms with Crippen LogP contribution in [0.25, 0.3) is 11.1 Å². The summed E-state index contributed by atoms with van der Waals surface area (Å²) in [4.78, 5) is 19.1. The van der Waals surface area contributed by atoms with Crippen molar-refractivity contribution >= 4 is 27.8 Å². The molecule has 1 amide bonds. The Hall–Kier alpha value is -4.71. The van der Waals surface area contributed by atoms with Gasteiger partial charge in [-0.05, 0) is 84.8 Å². The van der Waals surface area contributed by atoms with Crippen LogP contribution in [0.1, 0.15) is 41.6 Å². The monoisotopic (exact) mass is 609 g/mol. The van der Waals surface area contributed by atoms with E-state index in [2.05, 4.69) is 9.35 Å². The fourth-order valence-electron chi connectivity index (χ4n) is 5.01. The molecule has 222 valence electrons. The molecule has 0 saturated heterocycles. The lowest BCUT2D eigenvalue weighted by molar-refractivity contribution is -0.0520. The molecule has 0 N–H and O–H groups in total. The number of amides is 1. The van der Waals surface area contributed by atoms with Gasteiger partial charge in [-0.3, -0.25) is 9.78 Å². The summed E-state index contributed by atoms with van der Waals surface area (Å²) in [5.74, 6) is -1.48. The lowest BCUT2D eigenvalue weighted by Gasteiger charge is -2.28. The Bertz CT molecular complexity index is 1720. The van der Waals surface area contributed by atoms with Crippen molar-refractivity contribution in [2.24, 2.45) is 4.36 Å². The zero-order valence-corrected chi connectivity index (χ0v) is 23.5. The SMILES string of the molecule is O=C(N=S(=O)=O)c1cc(-c2ccc(F)cc2)ccc1N(Cc1cccnc1)c1ccc(OC(F)F)c(OC2CCCC2)c1. The molecule has 0 spiro atoms. The van der Waals surface area contributed by atoms with Crippen LogP contribution >= 0.6 is 0 Å². The first kappa shape index (κ1) is 29.8. The van der Waals surface area contributed by atoms with Crippen molar-refractivity contribution in [3.63, 3.8) is 0 Å². The van der Waals surface area contributed by atoms with E-state index < -0.39 is 28.8 Å². The minimum absolute atomic E-state index is 0.0546. The van der Waals surface area contributed by atoms with E-state index in [9.17, 15) is 26.4 Å². The van der Waals surface area contributed by atoms with Gasteiger partial charge in [-0.1, -0.05) is 28.6 Å². The maximum absolute atomic E-state index is 13.6. The Morgan fingerprint density at radius 2 is 1.72 bits per heavy atom. The van der Waals surface area contributed by atoms with Gasteiger partial charge in [-0.2, -0.15) is 17.2 Å². The third kappa shape index (κ3) is 7.58. The first-order chi connectivity index (χ1) is 20.8. The zero-order valence-electron chi connectivity index (χ0n) is 22.7. The zero-order chi connectivity index (χ0) is 30.3. The number of benzene rings is 3. The summed E-state index contributed by atoms with van der Waals surface area (Å²) in [5, 5.41) is 0. The van der Waals surface area contributed by atoms with Crippen LogP contribution in [0.3, 0.4) is 0 Å². The van der Waals surface area contributed by atoms with Crippen LogP contribution in [-0.2, 0) is 17.0 Å². The molecular formula is C31H26F3N3O5S. The molecule has 1 aliphatic carbocycles. The number of halogens is 3. The largest absolute Gasteiger partial charge is 0.486 e. The maximum atomic E-state index is 13.6. The van der Waals surface area contributed by atoms with Gasteiger partial charge in [0, 0.05) is 30.7 Å². The minimum atomic E-state index is -3.07. The van der Waals surface area contributed by atoms with E-state index in [0.29, 0.717) is 16.8 Å². The molecule has 3 aromatic carbocycles. The first-order valence-electron chi connectivity index (χ1n) is 13.4. The van der Waals surface area contributed by atoms with Gasteiger partial charge in [0.25, 0.3) is 5.91 Å². The van der Waals surface area contributed by atoms with Crippen LogP contribution in [0, 0.1) is 5.82 Å². The summed E-state index contributed by atoms with van der Waals surface area (Å²) >= 11 is 0. The number of pyridine rings is 1. The Morgan fingerprint density at radius 1 is 0.977 bits per heavy atom. The Labute approximate surface area is 247 Å². The van der Waals surface area contributed by atoms with E-state index >= 15 is 0 Å². The summed E-state index contributed by atoms with van der Waals surface area (Å²) in [6.07, 6.45) is 6.53. The van der Waals surface area contributed by atoms with Crippen molar-refractivity contribution in [2.75, 3.05) is 4.90 Å². The molecule has 12 heteroatoms. The van der Waals surface area contributed by atoms with Crippen molar-refractivity contribution in [1.82, 2.24) is 4.98 Å². The van der Waals surface area contributed by atoms with Crippen LogP contribution in [-0.4, -0.2) is 32.0 Å². The molecule has 1 aromatic heterocycles. The molecule has 5 rings (SSSR count). The minimum Gasteiger partial charge on any atom is -0.486 e. The van der Waals surface area contributed by atoms with E-state index in [-0.39, 0.29) is 35.4 Å². The number of hydrogen-bond acceptors (Lipinski definition) is 7. The van der Waals surface area contributed by atoms with E-state index in [1.807, 2.05) is 6.07 Å². The summed E-state index contributed by atoms with van der Waals surface area (Å²) in [5.41, 5.74) is 2.52. The normalized spacial score (nSPS) is 13.1. The van der Waals surface area contributed by atoms with Gasteiger partial charge in [-0.25, -0.2) is 4.39 Å². The number of hydrogen-bond donors (Lipinski definition) is 0. The van der Waals surface area contributed by atoms with Crippen molar-refractivity contribution in [2.45, 2.75) is 44.9 Å². The Morgan fingerprint density at radius 3 is 2.40 bits per heavy atom. The molecule has 1 heterocycles. The van der Waals surface area contributed by atoms with E-state index in [1.165, 1.54) is 36.4 Å².